The molecule has 7 heteroatoms. The van der Waals surface area contributed by atoms with Crippen LogP contribution in [0.3, 0.4) is 0 Å². The van der Waals surface area contributed by atoms with Crippen LogP contribution in [0.1, 0.15) is 52.4 Å². The molecule has 1 unspecified atom stereocenters. The van der Waals surface area contributed by atoms with E-state index in [1.54, 1.807) is 0 Å². The monoisotopic (exact) mass is 500 g/mol. The van der Waals surface area contributed by atoms with Crippen molar-refractivity contribution in [3.8, 4) is 0 Å². The van der Waals surface area contributed by atoms with Gasteiger partial charge in [0.05, 0.1) is 13.2 Å². The second-order valence-electron chi connectivity index (χ2n) is 4.47. The van der Waals surface area contributed by atoms with E-state index in [-0.39, 0.29) is 0 Å². The summed E-state index contributed by atoms with van der Waals surface area (Å²) in [6.45, 7) is 3.37. The summed E-state index contributed by atoms with van der Waals surface area (Å²) >= 11 is 15.9. The third-order valence-corrected chi connectivity index (χ3v) is 6.33. The summed E-state index contributed by atoms with van der Waals surface area (Å²) in [5.41, 5.74) is 0. The van der Waals surface area contributed by atoms with E-state index < -0.39 is 8.63 Å². The molecule has 0 amide bonds. The number of alkyl halides is 3. The maximum absolute atomic E-state index is 5.89. The molecule has 0 radical (unpaired) electrons. The second kappa shape index (κ2) is 11.6. The van der Waals surface area contributed by atoms with Crippen molar-refractivity contribution in [3.05, 3.63) is 0 Å². The molecule has 0 bridgehead atoms. The predicted octanol–water partition coefficient (Wildman–Crippen LogP) is 6.55. The van der Waals surface area contributed by atoms with Crippen LogP contribution in [0.2, 0.25) is 0 Å². The molecule has 2 nitrogen and oxygen atoms in total. The molecule has 0 aliphatic carbocycles. The van der Waals surface area contributed by atoms with Gasteiger partial charge in [-0.25, -0.2) is 0 Å². The molecule has 0 fully saturated rings. The lowest BCUT2D eigenvalue weighted by molar-refractivity contribution is 0.250. The molecule has 0 rings (SSSR count). The predicted molar refractivity (Wildman–Crippen MR) is 99.6 cm³/mol. The van der Waals surface area contributed by atoms with Crippen molar-refractivity contribution in [1.82, 2.24) is 0 Å². The summed E-state index contributed by atoms with van der Waals surface area (Å²) in [6, 6.07) is 0. The first-order valence-electron chi connectivity index (χ1n) is 6.78. The minimum Gasteiger partial charge on any atom is -0.329 e. The fourth-order valence-corrected chi connectivity index (χ4v) is 4.80. The van der Waals surface area contributed by atoms with E-state index in [0.29, 0.717) is 13.2 Å². The van der Waals surface area contributed by atoms with Crippen LogP contribution in [0.15, 0.2) is 0 Å². The highest BCUT2D eigenvalue weighted by Gasteiger charge is 2.25. The van der Waals surface area contributed by atoms with Crippen LogP contribution in [-0.2, 0) is 20.9 Å². The molecule has 0 N–H and O–H groups in total. The second-order valence-corrected chi connectivity index (χ2v) is 15.6. The number of hydrogen-bond acceptors (Lipinski definition) is 3. The molecule has 0 aliphatic rings. The van der Waals surface area contributed by atoms with Crippen LogP contribution < -0.4 is 0 Å². The number of rotatable bonds is 11. The molecule has 0 aliphatic heterocycles. The van der Waals surface area contributed by atoms with Gasteiger partial charge in [0, 0.05) is 6.16 Å². The van der Waals surface area contributed by atoms with Gasteiger partial charge in [-0.1, -0.05) is 87.3 Å². The van der Waals surface area contributed by atoms with Crippen LogP contribution in [0, 0.1) is 0 Å². The van der Waals surface area contributed by atoms with E-state index in [9.17, 15) is 0 Å². The third kappa shape index (κ3) is 13.4. The maximum Gasteiger partial charge on any atom is 0.188 e. The summed E-state index contributed by atoms with van der Waals surface area (Å²) in [5.74, 6) is 0. The van der Waals surface area contributed by atoms with Gasteiger partial charge in [-0.15, -0.1) is 0 Å². The summed E-state index contributed by atoms with van der Waals surface area (Å²) in [6.07, 6.45) is 7.81. The standard InChI is InChI=1S/C12H24Br3O2PS/c1-3-5-7-8-10-18(19,16-9-6-4-2)17-11-12(13,14)15/h3-11H2,1-2H3. The average Bonchev–Trinajstić information content (AvgIpc) is 2.32. The van der Waals surface area contributed by atoms with Gasteiger partial charge in [0.15, 0.2) is 8.63 Å². The number of halogens is 3. The zero-order valence-electron chi connectivity index (χ0n) is 11.7. The molecular weight excluding hydrogens is 479 g/mol. The lowest BCUT2D eigenvalue weighted by Crippen LogP contribution is -2.12. The zero-order chi connectivity index (χ0) is 14.8. The Balaban J connectivity index is 4.23. The maximum atomic E-state index is 5.89. The summed E-state index contributed by atoms with van der Waals surface area (Å²) in [4.78, 5) is 0. The van der Waals surface area contributed by atoms with E-state index in [2.05, 4.69) is 61.6 Å². The zero-order valence-corrected chi connectivity index (χ0v) is 18.1. The Hall–Kier alpha value is 2.01. The molecule has 0 aromatic heterocycles. The highest BCUT2D eigenvalue weighted by atomic mass is 80.0. The van der Waals surface area contributed by atoms with Crippen molar-refractivity contribution in [1.29, 1.82) is 0 Å². The minimum atomic E-state index is -2.14. The molecule has 19 heavy (non-hydrogen) atoms. The first-order valence-corrected chi connectivity index (χ1v) is 12.0. The van der Waals surface area contributed by atoms with Crippen molar-refractivity contribution in [2.75, 3.05) is 19.4 Å². The van der Waals surface area contributed by atoms with Gasteiger partial charge in [-0.3, -0.25) is 0 Å². The fourth-order valence-electron chi connectivity index (χ4n) is 1.42. The van der Waals surface area contributed by atoms with Gasteiger partial charge < -0.3 is 9.05 Å². The largest absolute Gasteiger partial charge is 0.329 e. The lowest BCUT2D eigenvalue weighted by Gasteiger charge is -2.24. The van der Waals surface area contributed by atoms with Crippen molar-refractivity contribution >= 4 is 66.1 Å². The normalized spacial score (nSPS) is 15.4. The molecule has 0 saturated heterocycles. The highest BCUT2D eigenvalue weighted by molar-refractivity contribution is 9.39. The Labute approximate surface area is 148 Å². The summed E-state index contributed by atoms with van der Waals surface area (Å²) < 4.78 is 11.4. The quantitative estimate of drug-likeness (QED) is 0.181. The van der Waals surface area contributed by atoms with E-state index in [1.807, 2.05) is 0 Å². The topological polar surface area (TPSA) is 18.5 Å². The smallest absolute Gasteiger partial charge is 0.188 e. The summed E-state index contributed by atoms with van der Waals surface area (Å²) in [7, 11) is 0. The SMILES string of the molecule is CCCCCCP(=S)(OCCCC)OCC(Br)(Br)Br. The first-order chi connectivity index (χ1) is 8.83. The van der Waals surface area contributed by atoms with E-state index in [1.165, 1.54) is 19.3 Å². The van der Waals surface area contributed by atoms with Gasteiger partial charge in [0.25, 0.3) is 0 Å². The molecule has 0 heterocycles. The Bertz CT molecular complexity index is 272. The van der Waals surface area contributed by atoms with Crippen molar-refractivity contribution in [3.63, 3.8) is 0 Å². The van der Waals surface area contributed by atoms with Crippen LogP contribution >= 0.6 is 54.3 Å². The fraction of sp³-hybridized carbons (Fsp3) is 1.00. The third-order valence-electron chi connectivity index (χ3n) is 2.50. The van der Waals surface area contributed by atoms with Crippen molar-refractivity contribution in [2.45, 2.75) is 54.5 Å². The molecule has 0 aromatic rings. The van der Waals surface area contributed by atoms with Crippen LogP contribution in [0.5, 0.6) is 0 Å². The Morgan fingerprint density at radius 1 is 0.947 bits per heavy atom. The number of hydrogen-bond donors (Lipinski definition) is 0. The average molecular weight is 503 g/mol. The Morgan fingerprint density at radius 2 is 1.58 bits per heavy atom. The van der Waals surface area contributed by atoms with Crippen LogP contribution in [0.4, 0.5) is 0 Å². The first kappa shape index (κ1) is 21.0. The Kier molecular flexibility index (Phi) is 12.8. The molecule has 0 saturated carbocycles. The van der Waals surface area contributed by atoms with E-state index in [4.69, 9.17) is 20.9 Å². The van der Waals surface area contributed by atoms with Gasteiger partial charge >= 0.3 is 0 Å². The molecule has 0 spiro atoms. The molecule has 116 valence electrons. The van der Waals surface area contributed by atoms with Gasteiger partial charge in [0.1, 0.15) is 0 Å². The molecule has 0 aromatic carbocycles. The minimum absolute atomic E-state index is 0.408. The van der Waals surface area contributed by atoms with Gasteiger partial charge in [0.2, 0.25) is 0 Å². The van der Waals surface area contributed by atoms with Crippen molar-refractivity contribution < 1.29 is 9.05 Å². The van der Waals surface area contributed by atoms with Gasteiger partial charge in [-0.05, 0) is 24.6 Å². The Morgan fingerprint density at radius 3 is 2.11 bits per heavy atom. The van der Waals surface area contributed by atoms with Crippen molar-refractivity contribution in [2.24, 2.45) is 0 Å². The van der Waals surface area contributed by atoms with Crippen LogP contribution in [-0.4, -0.2) is 21.5 Å². The van der Waals surface area contributed by atoms with Crippen LogP contribution in [0.25, 0.3) is 0 Å². The number of unbranched alkanes of at least 4 members (excludes halogenated alkanes) is 4. The van der Waals surface area contributed by atoms with E-state index in [0.717, 1.165) is 25.4 Å². The summed E-state index contributed by atoms with van der Waals surface area (Å²) in [5, 5.41) is 0. The highest BCUT2D eigenvalue weighted by Crippen LogP contribution is 2.52. The van der Waals surface area contributed by atoms with E-state index >= 15 is 0 Å². The molecular formula is C12H24Br3O2PS. The lowest BCUT2D eigenvalue weighted by atomic mass is 10.2. The van der Waals surface area contributed by atoms with Gasteiger partial charge in [-0.2, -0.15) is 0 Å². The molecule has 1 atom stereocenters.